The highest BCUT2D eigenvalue weighted by Crippen LogP contribution is 2.32. The monoisotopic (exact) mass is 319 g/mol. The van der Waals surface area contributed by atoms with Crippen LogP contribution in [0, 0.1) is 13.8 Å². The van der Waals surface area contributed by atoms with Gasteiger partial charge in [0.1, 0.15) is 0 Å². The van der Waals surface area contributed by atoms with E-state index >= 15 is 0 Å². The largest absolute Gasteiger partial charge is 0.368 e. The third-order valence-corrected chi connectivity index (χ3v) is 4.18. The van der Waals surface area contributed by atoms with Crippen LogP contribution >= 0.6 is 15.9 Å². The second-order valence-corrected chi connectivity index (χ2v) is 6.02. The summed E-state index contributed by atoms with van der Waals surface area (Å²) in [4.78, 5) is 7.14. The Hall–Kier alpha value is -1.13. The van der Waals surface area contributed by atoms with Gasteiger partial charge in [-0.3, -0.25) is 4.98 Å². The van der Waals surface area contributed by atoms with Crippen LogP contribution in [0.25, 0.3) is 10.9 Å². The van der Waals surface area contributed by atoms with Crippen molar-refractivity contribution in [3.8, 4) is 0 Å². The first-order valence-electron chi connectivity index (χ1n) is 6.68. The van der Waals surface area contributed by atoms with E-state index in [0.29, 0.717) is 0 Å². The van der Waals surface area contributed by atoms with Crippen molar-refractivity contribution in [3.63, 3.8) is 0 Å². The zero-order valence-corrected chi connectivity index (χ0v) is 12.9. The Morgan fingerprint density at radius 2 is 1.89 bits per heavy atom. The Bertz CT molecular complexity index is 618. The molecule has 1 N–H and O–H groups in total. The Morgan fingerprint density at radius 3 is 2.63 bits per heavy atom. The maximum atomic E-state index is 4.68. The third-order valence-electron chi connectivity index (χ3n) is 3.58. The van der Waals surface area contributed by atoms with Crippen molar-refractivity contribution in [1.82, 2.24) is 10.3 Å². The number of nitrogens with zero attached hydrogens (tertiary/aromatic N) is 2. The molecule has 0 unspecified atom stereocenters. The number of aryl methyl sites for hydroxylation is 2. The van der Waals surface area contributed by atoms with Crippen molar-refractivity contribution in [1.29, 1.82) is 0 Å². The molecule has 3 rings (SSSR count). The Kier molecular flexibility index (Phi) is 3.46. The number of rotatable bonds is 1. The van der Waals surface area contributed by atoms with Gasteiger partial charge in [0.05, 0.1) is 5.52 Å². The van der Waals surface area contributed by atoms with Crippen LogP contribution in [-0.2, 0) is 0 Å². The van der Waals surface area contributed by atoms with Gasteiger partial charge >= 0.3 is 0 Å². The van der Waals surface area contributed by atoms with Gasteiger partial charge in [-0.15, -0.1) is 0 Å². The van der Waals surface area contributed by atoms with Crippen LogP contribution < -0.4 is 10.2 Å². The fraction of sp³-hybridized carbons (Fsp3) is 0.400. The van der Waals surface area contributed by atoms with Crippen molar-refractivity contribution in [2.45, 2.75) is 13.8 Å². The minimum absolute atomic E-state index is 1.05. The van der Waals surface area contributed by atoms with E-state index in [2.05, 4.69) is 63.2 Å². The second kappa shape index (κ2) is 5.10. The maximum absolute atomic E-state index is 4.68. The molecule has 19 heavy (non-hydrogen) atoms. The highest BCUT2D eigenvalue weighted by molar-refractivity contribution is 9.10. The second-order valence-electron chi connectivity index (χ2n) is 5.16. The maximum Gasteiger partial charge on any atom is 0.0868 e. The van der Waals surface area contributed by atoms with Crippen LogP contribution in [0.3, 0.4) is 0 Å². The molecule has 3 nitrogen and oxygen atoms in total. The molecule has 4 heteroatoms. The first kappa shape index (κ1) is 12.9. The zero-order chi connectivity index (χ0) is 13.4. The summed E-state index contributed by atoms with van der Waals surface area (Å²) in [5, 5.41) is 4.65. The zero-order valence-electron chi connectivity index (χ0n) is 11.3. The van der Waals surface area contributed by atoms with Gasteiger partial charge in [-0.1, -0.05) is 0 Å². The fourth-order valence-electron chi connectivity index (χ4n) is 2.70. The van der Waals surface area contributed by atoms with E-state index in [1.807, 2.05) is 0 Å². The van der Waals surface area contributed by atoms with Gasteiger partial charge in [0.2, 0.25) is 0 Å². The highest BCUT2D eigenvalue weighted by atomic mass is 79.9. The van der Waals surface area contributed by atoms with E-state index in [-0.39, 0.29) is 0 Å². The summed E-state index contributed by atoms with van der Waals surface area (Å²) in [7, 11) is 0. The van der Waals surface area contributed by atoms with E-state index in [0.717, 1.165) is 41.9 Å². The number of hydrogen-bond acceptors (Lipinski definition) is 3. The molecule has 2 heterocycles. The van der Waals surface area contributed by atoms with Gasteiger partial charge < -0.3 is 10.2 Å². The number of hydrogen-bond donors (Lipinski definition) is 1. The lowest BCUT2D eigenvalue weighted by Crippen LogP contribution is -2.43. The molecule has 1 aromatic carbocycles. The minimum Gasteiger partial charge on any atom is -0.368 e. The van der Waals surface area contributed by atoms with E-state index in [1.165, 1.54) is 16.6 Å². The Balaban J connectivity index is 2.21. The quantitative estimate of drug-likeness (QED) is 0.875. The van der Waals surface area contributed by atoms with Gasteiger partial charge in [-0.05, 0) is 53.5 Å². The average Bonchev–Trinajstić information content (AvgIpc) is 2.40. The summed E-state index contributed by atoms with van der Waals surface area (Å²) in [5.74, 6) is 0. The standard InChI is InChI=1S/C15H18BrN3/c1-10-7-12-14(19-5-3-17-4-6-19)9-11(2)18-15(12)13(16)8-10/h7-9,17H,3-6H2,1-2H3. The van der Waals surface area contributed by atoms with E-state index in [1.54, 1.807) is 0 Å². The number of halogens is 1. The van der Waals surface area contributed by atoms with Gasteiger partial charge in [0.15, 0.2) is 0 Å². The third kappa shape index (κ3) is 2.47. The van der Waals surface area contributed by atoms with Gasteiger partial charge in [0, 0.05) is 47.4 Å². The number of piperazine rings is 1. The summed E-state index contributed by atoms with van der Waals surface area (Å²) in [5.41, 5.74) is 4.72. The summed E-state index contributed by atoms with van der Waals surface area (Å²) in [6, 6.07) is 6.58. The van der Waals surface area contributed by atoms with Gasteiger partial charge in [0.25, 0.3) is 0 Å². The minimum atomic E-state index is 1.05. The SMILES string of the molecule is Cc1cc(Br)c2nc(C)cc(N3CCNCC3)c2c1. The lowest BCUT2D eigenvalue weighted by molar-refractivity contribution is 0.590. The van der Waals surface area contributed by atoms with Crippen LogP contribution in [0.1, 0.15) is 11.3 Å². The molecule has 1 saturated heterocycles. The fourth-order valence-corrected chi connectivity index (χ4v) is 3.36. The van der Waals surface area contributed by atoms with Crippen LogP contribution in [-0.4, -0.2) is 31.2 Å². The number of fused-ring (bicyclic) bond motifs is 1. The first-order valence-corrected chi connectivity index (χ1v) is 7.47. The summed E-state index contributed by atoms with van der Waals surface area (Å²) >= 11 is 3.65. The molecule has 0 spiro atoms. The molecule has 100 valence electrons. The van der Waals surface area contributed by atoms with Crippen LogP contribution in [0.15, 0.2) is 22.7 Å². The van der Waals surface area contributed by atoms with Crippen LogP contribution in [0.4, 0.5) is 5.69 Å². The van der Waals surface area contributed by atoms with Crippen molar-refractivity contribution in [3.05, 3.63) is 33.9 Å². The Labute approximate surface area is 122 Å². The van der Waals surface area contributed by atoms with Crippen molar-refractivity contribution in [2.75, 3.05) is 31.1 Å². The number of nitrogens with one attached hydrogen (secondary N) is 1. The molecule has 1 aliphatic heterocycles. The van der Waals surface area contributed by atoms with Crippen molar-refractivity contribution >= 4 is 32.5 Å². The number of benzene rings is 1. The van der Waals surface area contributed by atoms with Crippen LogP contribution in [0.5, 0.6) is 0 Å². The molecule has 0 radical (unpaired) electrons. The van der Waals surface area contributed by atoms with Gasteiger partial charge in [-0.2, -0.15) is 0 Å². The Morgan fingerprint density at radius 1 is 1.16 bits per heavy atom. The molecule has 1 aromatic heterocycles. The van der Waals surface area contributed by atoms with Crippen molar-refractivity contribution < 1.29 is 0 Å². The molecule has 1 aliphatic rings. The molecule has 0 aliphatic carbocycles. The molecule has 0 bridgehead atoms. The average molecular weight is 320 g/mol. The van der Waals surface area contributed by atoms with E-state index < -0.39 is 0 Å². The number of aromatic nitrogens is 1. The first-order chi connectivity index (χ1) is 9.15. The smallest absolute Gasteiger partial charge is 0.0868 e. The lowest BCUT2D eigenvalue weighted by atomic mass is 10.1. The van der Waals surface area contributed by atoms with Crippen LogP contribution in [0.2, 0.25) is 0 Å². The number of anilines is 1. The number of pyridine rings is 1. The molecule has 0 amide bonds. The summed E-state index contributed by atoms with van der Waals surface area (Å²) in [6.07, 6.45) is 0. The highest BCUT2D eigenvalue weighted by Gasteiger charge is 2.15. The van der Waals surface area contributed by atoms with E-state index in [4.69, 9.17) is 0 Å². The van der Waals surface area contributed by atoms with Gasteiger partial charge in [-0.25, -0.2) is 0 Å². The predicted molar refractivity (Wildman–Crippen MR) is 84.0 cm³/mol. The molecular weight excluding hydrogens is 302 g/mol. The molecule has 0 saturated carbocycles. The molecular formula is C15H18BrN3. The molecule has 1 fully saturated rings. The molecule has 0 atom stereocenters. The molecule has 2 aromatic rings. The van der Waals surface area contributed by atoms with E-state index in [9.17, 15) is 0 Å². The normalized spacial score (nSPS) is 16.1. The summed E-state index contributed by atoms with van der Waals surface area (Å²) in [6.45, 7) is 8.42. The topological polar surface area (TPSA) is 28.2 Å². The summed E-state index contributed by atoms with van der Waals surface area (Å²) < 4.78 is 1.09. The lowest BCUT2D eigenvalue weighted by Gasteiger charge is -2.30. The predicted octanol–water partition coefficient (Wildman–Crippen LogP) is 3.02. The van der Waals surface area contributed by atoms with Crippen molar-refractivity contribution in [2.24, 2.45) is 0 Å².